The lowest BCUT2D eigenvalue weighted by Gasteiger charge is -2.38. The summed E-state index contributed by atoms with van der Waals surface area (Å²) in [4.78, 5) is 4.25. The highest BCUT2D eigenvalue weighted by Crippen LogP contribution is 2.26. The van der Waals surface area contributed by atoms with E-state index in [0.29, 0.717) is 0 Å². The molecule has 1 aromatic heterocycles. The molecule has 0 amide bonds. The minimum atomic E-state index is 0.789. The highest BCUT2D eigenvalue weighted by molar-refractivity contribution is 7.09. The number of nitrogens with one attached hydrogen (secondary N) is 1. The molecule has 1 N–H and O–H groups in total. The third kappa shape index (κ3) is 2.17. The van der Waals surface area contributed by atoms with E-state index in [4.69, 9.17) is 0 Å². The van der Waals surface area contributed by atoms with E-state index in [0.717, 1.165) is 12.1 Å². The van der Waals surface area contributed by atoms with Crippen molar-refractivity contribution < 1.29 is 0 Å². The molecule has 0 bridgehead atoms. The quantitative estimate of drug-likeness (QED) is 0.865. The van der Waals surface area contributed by atoms with Gasteiger partial charge in [0.15, 0.2) is 0 Å². The van der Waals surface area contributed by atoms with Gasteiger partial charge in [0.2, 0.25) is 0 Å². The molecule has 2 heterocycles. The minimum absolute atomic E-state index is 0.789. The number of rotatable bonds is 3. The molecule has 3 heteroatoms. The molecular formula is C13H20N2S. The molecule has 2 fully saturated rings. The number of nitrogens with zero attached hydrogens (tertiary/aromatic N) is 1. The van der Waals surface area contributed by atoms with E-state index in [2.05, 4.69) is 27.7 Å². The summed E-state index contributed by atoms with van der Waals surface area (Å²) >= 11 is 1.89. The third-order valence-electron chi connectivity index (χ3n) is 3.98. The first-order chi connectivity index (χ1) is 7.93. The van der Waals surface area contributed by atoms with Crippen LogP contribution in [0.4, 0.5) is 0 Å². The molecule has 1 aromatic rings. The summed E-state index contributed by atoms with van der Waals surface area (Å²) in [5.74, 6) is 0. The van der Waals surface area contributed by atoms with Crippen molar-refractivity contribution in [3.63, 3.8) is 0 Å². The molecule has 2 nitrogen and oxygen atoms in total. The smallest absolute Gasteiger partial charge is 0.0250 e. The molecule has 1 saturated heterocycles. The standard InChI is InChI=1S/C13H20N2S/c1-4-12-13(5-1)15(9-7-14-12)8-6-11-3-2-10-16-11/h2-3,10,12-14H,1,4-9H2/t12-,13+/m1/s1. The summed E-state index contributed by atoms with van der Waals surface area (Å²) in [6.45, 7) is 3.68. The fraction of sp³-hybridized carbons (Fsp3) is 0.692. The molecule has 3 rings (SSSR count). The summed E-state index contributed by atoms with van der Waals surface area (Å²) < 4.78 is 0. The largest absolute Gasteiger partial charge is 0.311 e. The Kier molecular flexibility index (Phi) is 3.27. The van der Waals surface area contributed by atoms with E-state index >= 15 is 0 Å². The van der Waals surface area contributed by atoms with Gasteiger partial charge < -0.3 is 5.32 Å². The Balaban J connectivity index is 1.57. The van der Waals surface area contributed by atoms with Gasteiger partial charge in [-0.3, -0.25) is 4.90 Å². The second-order valence-corrected chi connectivity index (χ2v) is 5.96. The fourth-order valence-electron chi connectivity index (χ4n) is 3.16. The first-order valence-electron chi connectivity index (χ1n) is 6.43. The Morgan fingerprint density at radius 1 is 1.44 bits per heavy atom. The van der Waals surface area contributed by atoms with Gasteiger partial charge in [-0.2, -0.15) is 0 Å². The maximum Gasteiger partial charge on any atom is 0.0250 e. The van der Waals surface area contributed by atoms with E-state index in [9.17, 15) is 0 Å². The van der Waals surface area contributed by atoms with Crippen LogP contribution < -0.4 is 5.32 Å². The van der Waals surface area contributed by atoms with Crippen molar-refractivity contribution in [1.29, 1.82) is 0 Å². The van der Waals surface area contributed by atoms with E-state index in [1.54, 1.807) is 0 Å². The second-order valence-electron chi connectivity index (χ2n) is 4.92. The highest BCUT2D eigenvalue weighted by atomic mass is 32.1. The predicted octanol–water partition coefficient (Wildman–Crippen LogP) is 2.12. The van der Waals surface area contributed by atoms with E-state index < -0.39 is 0 Å². The van der Waals surface area contributed by atoms with Crippen molar-refractivity contribution >= 4 is 11.3 Å². The summed E-state index contributed by atoms with van der Waals surface area (Å²) in [5, 5.41) is 5.85. The zero-order valence-electron chi connectivity index (χ0n) is 9.69. The Hall–Kier alpha value is -0.380. The first-order valence-corrected chi connectivity index (χ1v) is 7.31. The average molecular weight is 236 g/mol. The maximum atomic E-state index is 3.67. The zero-order chi connectivity index (χ0) is 10.8. The Morgan fingerprint density at radius 2 is 2.44 bits per heavy atom. The van der Waals surface area contributed by atoms with Crippen molar-refractivity contribution in [2.75, 3.05) is 19.6 Å². The van der Waals surface area contributed by atoms with Gasteiger partial charge in [-0.1, -0.05) is 12.5 Å². The van der Waals surface area contributed by atoms with Crippen LogP contribution >= 0.6 is 11.3 Å². The number of hydrogen-bond donors (Lipinski definition) is 1. The Labute approximate surface area is 102 Å². The third-order valence-corrected chi connectivity index (χ3v) is 4.92. The molecule has 88 valence electrons. The van der Waals surface area contributed by atoms with Gasteiger partial charge in [0.1, 0.15) is 0 Å². The van der Waals surface area contributed by atoms with Crippen molar-refractivity contribution in [3.05, 3.63) is 22.4 Å². The van der Waals surface area contributed by atoms with Gasteiger partial charge in [0.05, 0.1) is 0 Å². The number of hydrogen-bond acceptors (Lipinski definition) is 3. The Bertz CT molecular complexity index is 323. The molecule has 1 aliphatic heterocycles. The second kappa shape index (κ2) is 4.86. The molecular weight excluding hydrogens is 216 g/mol. The minimum Gasteiger partial charge on any atom is -0.311 e. The van der Waals surface area contributed by atoms with Crippen LogP contribution in [0.25, 0.3) is 0 Å². The van der Waals surface area contributed by atoms with Crippen LogP contribution in [-0.2, 0) is 6.42 Å². The van der Waals surface area contributed by atoms with Crippen LogP contribution in [0.1, 0.15) is 24.1 Å². The van der Waals surface area contributed by atoms with Gasteiger partial charge in [0.25, 0.3) is 0 Å². The predicted molar refractivity (Wildman–Crippen MR) is 69.0 cm³/mol. The Morgan fingerprint density at radius 3 is 3.31 bits per heavy atom. The maximum absolute atomic E-state index is 3.67. The molecule has 1 saturated carbocycles. The van der Waals surface area contributed by atoms with Crippen LogP contribution in [0.3, 0.4) is 0 Å². The van der Waals surface area contributed by atoms with Crippen molar-refractivity contribution in [1.82, 2.24) is 10.2 Å². The van der Waals surface area contributed by atoms with E-state index in [-0.39, 0.29) is 0 Å². The van der Waals surface area contributed by atoms with E-state index in [1.807, 2.05) is 11.3 Å². The lowest BCUT2D eigenvalue weighted by atomic mass is 10.1. The fourth-order valence-corrected chi connectivity index (χ4v) is 3.86. The first kappa shape index (κ1) is 10.8. The zero-order valence-corrected chi connectivity index (χ0v) is 10.5. The van der Waals surface area contributed by atoms with Crippen molar-refractivity contribution in [2.24, 2.45) is 0 Å². The summed E-state index contributed by atoms with van der Waals surface area (Å²) in [7, 11) is 0. The average Bonchev–Trinajstić information content (AvgIpc) is 2.97. The highest BCUT2D eigenvalue weighted by Gasteiger charge is 2.34. The van der Waals surface area contributed by atoms with Gasteiger partial charge in [-0.05, 0) is 30.7 Å². The van der Waals surface area contributed by atoms with Crippen molar-refractivity contribution in [2.45, 2.75) is 37.8 Å². The molecule has 16 heavy (non-hydrogen) atoms. The van der Waals surface area contributed by atoms with Crippen molar-refractivity contribution in [3.8, 4) is 0 Å². The van der Waals surface area contributed by atoms with E-state index in [1.165, 1.54) is 50.2 Å². The van der Waals surface area contributed by atoms with Crippen LogP contribution in [0.2, 0.25) is 0 Å². The van der Waals surface area contributed by atoms with Gasteiger partial charge in [-0.15, -0.1) is 11.3 Å². The normalized spacial score (nSPS) is 30.5. The molecule has 2 aliphatic rings. The molecule has 1 aliphatic carbocycles. The summed E-state index contributed by atoms with van der Waals surface area (Å²) in [6, 6.07) is 6.04. The van der Waals surface area contributed by atoms with Crippen LogP contribution in [0.5, 0.6) is 0 Å². The van der Waals surface area contributed by atoms with Crippen LogP contribution in [0, 0.1) is 0 Å². The number of fused-ring (bicyclic) bond motifs is 1. The molecule has 0 unspecified atom stereocenters. The topological polar surface area (TPSA) is 15.3 Å². The van der Waals surface area contributed by atoms with Gasteiger partial charge in [0, 0.05) is 36.6 Å². The molecule has 0 aromatic carbocycles. The summed E-state index contributed by atoms with van der Waals surface area (Å²) in [5.41, 5.74) is 0. The van der Waals surface area contributed by atoms with Gasteiger partial charge >= 0.3 is 0 Å². The number of piperazine rings is 1. The van der Waals surface area contributed by atoms with Crippen LogP contribution in [0.15, 0.2) is 17.5 Å². The molecule has 0 spiro atoms. The molecule has 2 atom stereocenters. The lowest BCUT2D eigenvalue weighted by Crippen LogP contribution is -2.55. The number of thiophene rings is 1. The lowest BCUT2D eigenvalue weighted by molar-refractivity contribution is 0.139. The summed E-state index contributed by atoms with van der Waals surface area (Å²) in [6.07, 6.45) is 5.45. The van der Waals surface area contributed by atoms with Gasteiger partial charge in [-0.25, -0.2) is 0 Å². The SMILES string of the molecule is c1csc(CCN2CCN[C@@H]3CCC[C@@H]32)c1. The monoisotopic (exact) mass is 236 g/mol. The van der Waals surface area contributed by atoms with Crippen LogP contribution in [-0.4, -0.2) is 36.6 Å². The molecule has 0 radical (unpaired) electrons.